The molecule has 0 aliphatic rings. The van der Waals surface area contributed by atoms with Crippen molar-refractivity contribution in [2.24, 2.45) is 7.05 Å². The lowest BCUT2D eigenvalue weighted by molar-refractivity contribution is 0.0941. The molecule has 0 saturated carbocycles. The number of nitrogens with one attached hydrogen (secondary N) is 1. The Kier molecular flexibility index (Phi) is 4.89. The van der Waals surface area contributed by atoms with E-state index in [1.54, 1.807) is 0 Å². The lowest BCUT2D eigenvalue weighted by Gasteiger charge is -2.13. The number of hydrogen-bond acceptors (Lipinski definition) is 4. The maximum Gasteiger partial charge on any atom is 0.265 e. The fourth-order valence-corrected chi connectivity index (χ4v) is 2.75. The Morgan fingerprint density at radius 1 is 1.55 bits per heavy atom. The number of hydrogen-bond donors (Lipinski definition) is 1. The Morgan fingerprint density at radius 2 is 2.35 bits per heavy atom. The first-order valence-electron chi connectivity index (χ1n) is 6.84. The molecule has 1 amide bonds. The van der Waals surface area contributed by atoms with E-state index in [0.29, 0.717) is 4.88 Å². The molecule has 2 aromatic rings. The Morgan fingerprint density at radius 3 is 3.00 bits per heavy atom. The van der Waals surface area contributed by atoms with Crippen molar-refractivity contribution in [2.75, 3.05) is 0 Å². The predicted molar refractivity (Wildman–Crippen MR) is 79.9 cm³/mol. The van der Waals surface area contributed by atoms with Gasteiger partial charge in [0.25, 0.3) is 5.91 Å². The molecule has 1 unspecified atom stereocenters. The summed E-state index contributed by atoms with van der Waals surface area (Å²) < 4.78 is 5.96. The fourth-order valence-electron chi connectivity index (χ4n) is 2.09. The van der Waals surface area contributed by atoms with Gasteiger partial charge in [0.05, 0.1) is 5.69 Å². The van der Waals surface area contributed by atoms with Crippen molar-refractivity contribution in [3.05, 3.63) is 34.6 Å². The number of rotatable bonds is 6. The van der Waals surface area contributed by atoms with Gasteiger partial charge in [0.2, 0.25) is 0 Å². The molecule has 0 saturated heterocycles. The van der Waals surface area contributed by atoms with E-state index in [4.69, 9.17) is 0 Å². The van der Waals surface area contributed by atoms with Crippen LogP contribution in [0.5, 0.6) is 0 Å². The highest BCUT2D eigenvalue weighted by Crippen LogP contribution is 2.12. The average Bonchev–Trinajstić information content (AvgIpc) is 3.04. The summed E-state index contributed by atoms with van der Waals surface area (Å²) in [5.74, 6) is -0.0590. The quantitative estimate of drug-likeness (QED) is 0.888. The highest BCUT2D eigenvalue weighted by atomic mass is 32.1. The van der Waals surface area contributed by atoms with Gasteiger partial charge in [-0.2, -0.15) is 0 Å². The molecule has 0 aromatic carbocycles. The highest BCUT2D eigenvalue weighted by Gasteiger charge is 2.16. The van der Waals surface area contributed by atoms with Gasteiger partial charge in [-0.15, -0.1) is 5.10 Å². The van der Waals surface area contributed by atoms with E-state index in [9.17, 15) is 4.79 Å². The first kappa shape index (κ1) is 14.7. The van der Waals surface area contributed by atoms with Crippen molar-refractivity contribution in [3.8, 4) is 0 Å². The van der Waals surface area contributed by atoms with E-state index in [-0.39, 0.29) is 11.9 Å². The van der Waals surface area contributed by atoms with Crippen LogP contribution in [-0.2, 0) is 19.9 Å². The minimum atomic E-state index is -0.0590. The lowest BCUT2D eigenvalue weighted by Crippen LogP contribution is -2.33. The van der Waals surface area contributed by atoms with E-state index < -0.39 is 0 Å². The fraction of sp³-hybridized carbons (Fsp3) is 0.500. The van der Waals surface area contributed by atoms with Crippen molar-refractivity contribution in [1.82, 2.24) is 19.5 Å². The number of carbonyl (C=O) groups excluding carboxylic acids is 1. The molecule has 0 bridgehead atoms. The maximum absolute atomic E-state index is 12.1. The summed E-state index contributed by atoms with van der Waals surface area (Å²) in [5, 5.41) is 6.99. The zero-order chi connectivity index (χ0) is 14.5. The molecule has 0 fully saturated rings. The molecule has 5 nitrogen and oxygen atoms in total. The van der Waals surface area contributed by atoms with E-state index in [1.165, 1.54) is 17.2 Å². The number of aromatic nitrogens is 3. The van der Waals surface area contributed by atoms with Gasteiger partial charge in [0.15, 0.2) is 0 Å². The Balaban J connectivity index is 1.87. The molecule has 0 radical (unpaired) electrons. The highest BCUT2D eigenvalue weighted by molar-refractivity contribution is 7.08. The van der Waals surface area contributed by atoms with Crippen molar-refractivity contribution in [3.63, 3.8) is 0 Å². The summed E-state index contributed by atoms with van der Waals surface area (Å²) in [6.07, 6.45) is 4.63. The summed E-state index contributed by atoms with van der Waals surface area (Å²) in [6, 6.07) is 4.27. The monoisotopic (exact) mass is 292 g/mol. The van der Waals surface area contributed by atoms with Gasteiger partial charge in [-0.3, -0.25) is 4.79 Å². The van der Waals surface area contributed by atoms with E-state index >= 15 is 0 Å². The zero-order valence-corrected chi connectivity index (χ0v) is 12.9. The molecule has 108 valence electrons. The molecule has 20 heavy (non-hydrogen) atoms. The number of amides is 1. The Bertz CT molecular complexity index is 575. The number of nitrogens with zero attached hydrogens (tertiary/aromatic N) is 3. The van der Waals surface area contributed by atoms with Gasteiger partial charge in [-0.1, -0.05) is 11.4 Å². The minimum absolute atomic E-state index is 0.0590. The zero-order valence-electron chi connectivity index (χ0n) is 12.1. The van der Waals surface area contributed by atoms with Crippen molar-refractivity contribution < 1.29 is 4.79 Å². The first-order valence-corrected chi connectivity index (χ1v) is 7.61. The van der Waals surface area contributed by atoms with Crippen LogP contribution in [0.2, 0.25) is 0 Å². The summed E-state index contributed by atoms with van der Waals surface area (Å²) in [5.41, 5.74) is 2.06. The molecule has 6 heteroatoms. The molecule has 2 aromatic heterocycles. The molecular weight excluding hydrogens is 272 g/mol. The first-order chi connectivity index (χ1) is 9.61. The van der Waals surface area contributed by atoms with Crippen LogP contribution in [0.25, 0.3) is 0 Å². The largest absolute Gasteiger partial charge is 0.354 e. The van der Waals surface area contributed by atoms with E-state index in [0.717, 1.165) is 25.0 Å². The molecule has 1 atom stereocenters. The van der Waals surface area contributed by atoms with Crippen LogP contribution < -0.4 is 5.32 Å². The smallest absolute Gasteiger partial charge is 0.265 e. The standard InChI is InChI=1S/C14H20N4OS/c1-4-12-13(20-17-16-12)14(19)15-10(2)7-8-11-6-5-9-18(11)3/h5-6,9-10H,4,7-8H2,1-3H3,(H,15,19). The summed E-state index contributed by atoms with van der Waals surface area (Å²) in [7, 11) is 2.04. The third-order valence-corrected chi connectivity index (χ3v) is 4.13. The van der Waals surface area contributed by atoms with Crippen LogP contribution in [0.4, 0.5) is 0 Å². The molecule has 2 rings (SSSR count). The van der Waals surface area contributed by atoms with Crippen LogP contribution in [0.1, 0.15) is 41.3 Å². The SMILES string of the molecule is CCc1nnsc1C(=O)NC(C)CCc1cccn1C. The molecule has 1 N–H and O–H groups in total. The Hall–Kier alpha value is -1.69. The van der Waals surface area contributed by atoms with Crippen LogP contribution >= 0.6 is 11.5 Å². The second-order valence-electron chi connectivity index (χ2n) is 4.93. The molecule has 0 spiro atoms. The summed E-state index contributed by atoms with van der Waals surface area (Å²) in [4.78, 5) is 12.8. The Labute approximate surface area is 123 Å². The van der Waals surface area contributed by atoms with Crippen LogP contribution in [-0.4, -0.2) is 26.1 Å². The van der Waals surface area contributed by atoms with Crippen molar-refractivity contribution >= 4 is 17.4 Å². The predicted octanol–water partition coefficient (Wildman–Crippen LogP) is 2.19. The third-order valence-electron chi connectivity index (χ3n) is 3.36. The minimum Gasteiger partial charge on any atom is -0.354 e. The van der Waals surface area contributed by atoms with Gasteiger partial charge in [-0.05, 0) is 49.9 Å². The molecule has 0 aliphatic carbocycles. The molecule has 0 aliphatic heterocycles. The van der Waals surface area contributed by atoms with Gasteiger partial charge in [-0.25, -0.2) is 0 Å². The van der Waals surface area contributed by atoms with Gasteiger partial charge in [0.1, 0.15) is 4.88 Å². The molecular formula is C14H20N4OS. The van der Waals surface area contributed by atoms with E-state index in [1.807, 2.05) is 33.2 Å². The number of aryl methyl sites for hydroxylation is 3. The second kappa shape index (κ2) is 6.65. The summed E-state index contributed by atoms with van der Waals surface area (Å²) in [6.45, 7) is 4.01. The topological polar surface area (TPSA) is 59.8 Å². The normalized spacial score (nSPS) is 12.3. The average molecular weight is 292 g/mol. The lowest BCUT2D eigenvalue weighted by atomic mass is 10.1. The van der Waals surface area contributed by atoms with Gasteiger partial charge in [0, 0.05) is 25.0 Å². The van der Waals surface area contributed by atoms with Crippen molar-refractivity contribution in [2.45, 2.75) is 39.2 Å². The van der Waals surface area contributed by atoms with Gasteiger partial charge >= 0.3 is 0 Å². The van der Waals surface area contributed by atoms with E-state index in [2.05, 4.69) is 25.5 Å². The second-order valence-corrected chi connectivity index (χ2v) is 5.68. The maximum atomic E-state index is 12.1. The molecule has 2 heterocycles. The van der Waals surface area contributed by atoms with Gasteiger partial charge < -0.3 is 9.88 Å². The van der Waals surface area contributed by atoms with Crippen LogP contribution in [0.3, 0.4) is 0 Å². The summed E-state index contributed by atoms with van der Waals surface area (Å²) >= 11 is 1.17. The number of carbonyl (C=O) groups is 1. The van der Waals surface area contributed by atoms with Crippen LogP contribution in [0, 0.1) is 0 Å². The van der Waals surface area contributed by atoms with Crippen molar-refractivity contribution in [1.29, 1.82) is 0 Å². The van der Waals surface area contributed by atoms with Crippen LogP contribution in [0.15, 0.2) is 18.3 Å². The third kappa shape index (κ3) is 3.45.